The van der Waals surface area contributed by atoms with E-state index in [-0.39, 0.29) is 11.8 Å². The molecule has 4 heteroatoms. The molecule has 1 aromatic carbocycles. The van der Waals surface area contributed by atoms with E-state index in [0.29, 0.717) is 5.02 Å². The van der Waals surface area contributed by atoms with Gasteiger partial charge in [-0.15, -0.1) is 11.6 Å². The summed E-state index contributed by atoms with van der Waals surface area (Å²) in [5.41, 5.74) is 0.748. The number of amides is 1. The third-order valence-corrected chi connectivity index (χ3v) is 2.15. The van der Waals surface area contributed by atoms with Gasteiger partial charge in [-0.25, -0.2) is 0 Å². The summed E-state index contributed by atoms with van der Waals surface area (Å²) >= 11 is 11.2. The number of anilines is 1. The Kier molecular flexibility index (Phi) is 3.58. The summed E-state index contributed by atoms with van der Waals surface area (Å²) in [6, 6.07) is 7.06. The molecule has 13 heavy (non-hydrogen) atoms. The molecule has 1 amide bonds. The lowest BCUT2D eigenvalue weighted by Gasteiger charge is -2.15. The van der Waals surface area contributed by atoms with Crippen LogP contribution >= 0.6 is 23.2 Å². The van der Waals surface area contributed by atoms with Crippen molar-refractivity contribution in [2.24, 2.45) is 0 Å². The molecule has 1 rings (SSSR count). The molecule has 0 spiro atoms. The first kappa shape index (κ1) is 10.4. The molecule has 0 heterocycles. The van der Waals surface area contributed by atoms with Gasteiger partial charge in [0.15, 0.2) is 0 Å². The summed E-state index contributed by atoms with van der Waals surface area (Å²) in [7, 11) is 1.66. The van der Waals surface area contributed by atoms with Gasteiger partial charge in [0.2, 0.25) is 5.91 Å². The Balaban J connectivity index is 2.88. The second-order valence-corrected chi connectivity index (χ2v) is 3.27. The average Bonchev–Trinajstić information content (AvgIpc) is 2.15. The Morgan fingerprint density at radius 2 is 2.23 bits per heavy atom. The number of benzene rings is 1. The number of hydrogen-bond acceptors (Lipinski definition) is 1. The lowest BCUT2D eigenvalue weighted by Crippen LogP contribution is -2.27. The molecule has 70 valence electrons. The minimum atomic E-state index is -0.149. The maximum atomic E-state index is 11.2. The van der Waals surface area contributed by atoms with Crippen molar-refractivity contribution in [2.45, 2.75) is 0 Å². The van der Waals surface area contributed by atoms with Gasteiger partial charge in [0, 0.05) is 17.8 Å². The van der Waals surface area contributed by atoms with Gasteiger partial charge in [-0.2, -0.15) is 0 Å². The predicted molar refractivity (Wildman–Crippen MR) is 55.6 cm³/mol. The van der Waals surface area contributed by atoms with Gasteiger partial charge in [0.1, 0.15) is 5.88 Å². The minimum absolute atomic E-state index is 0.0248. The Bertz CT molecular complexity index is 314. The smallest absolute Gasteiger partial charge is 0.241 e. The van der Waals surface area contributed by atoms with Crippen LogP contribution in [0.5, 0.6) is 0 Å². The van der Waals surface area contributed by atoms with Crippen LogP contribution in [0.1, 0.15) is 0 Å². The van der Waals surface area contributed by atoms with Crippen molar-refractivity contribution >= 4 is 34.8 Å². The van der Waals surface area contributed by atoms with Gasteiger partial charge in [-0.05, 0) is 18.2 Å². The van der Waals surface area contributed by atoms with Crippen LogP contribution < -0.4 is 4.90 Å². The highest BCUT2D eigenvalue weighted by Crippen LogP contribution is 2.18. The normalized spacial score (nSPS) is 9.77. The largest absolute Gasteiger partial charge is 0.314 e. The van der Waals surface area contributed by atoms with Crippen LogP contribution in [0.25, 0.3) is 0 Å². The quantitative estimate of drug-likeness (QED) is 0.698. The van der Waals surface area contributed by atoms with Crippen LogP contribution in [-0.4, -0.2) is 18.8 Å². The molecule has 1 aromatic rings. The van der Waals surface area contributed by atoms with E-state index in [2.05, 4.69) is 0 Å². The Labute approximate surface area is 87.1 Å². The summed E-state index contributed by atoms with van der Waals surface area (Å²) in [6.07, 6.45) is 0. The minimum Gasteiger partial charge on any atom is -0.314 e. The Morgan fingerprint density at radius 1 is 1.54 bits per heavy atom. The topological polar surface area (TPSA) is 20.3 Å². The number of rotatable bonds is 2. The molecule has 0 aromatic heterocycles. The number of hydrogen-bond donors (Lipinski definition) is 0. The summed E-state index contributed by atoms with van der Waals surface area (Å²) in [6.45, 7) is 0. The summed E-state index contributed by atoms with van der Waals surface area (Å²) in [5, 5.41) is 0.603. The van der Waals surface area contributed by atoms with E-state index in [0.717, 1.165) is 5.69 Å². The van der Waals surface area contributed by atoms with Gasteiger partial charge in [0.05, 0.1) is 0 Å². The highest BCUT2D eigenvalue weighted by atomic mass is 35.5. The molecule has 0 atom stereocenters. The maximum absolute atomic E-state index is 11.2. The van der Waals surface area contributed by atoms with Crippen LogP contribution in [0, 0.1) is 0 Å². The predicted octanol–water partition coefficient (Wildman–Crippen LogP) is 2.54. The molecule has 0 unspecified atom stereocenters. The average molecular weight is 218 g/mol. The third kappa shape index (κ3) is 2.61. The van der Waals surface area contributed by atoms with Gasteiger partial charge in [0.25, 0.3) is 0 Å². The molecule has 0 aliphatic carbocycles. The fourth-order valence-corrected chi connectivity index (χ4v) is 1.28. The summed E-state index contributed by atoms with van der Waals surface area (Å²) in [5.74, 6) is -0.174. The number of carbonyl (C=O) groups excluding carboxylic acids is 1. The molecule has 0 saturated carbocycles. The van der Waals surface area contributed by atoms with Crippen molar-refractivity contribution in [3.63, 3.8) is 0 Å². The van der Waals surface area contributed by atoms with Crippen LogP contribution in [0.15, 0.2) is 24.3 Å². The van der Waals surface area contributed by atoms with Gasteiger partial charge in [-0.3, -0.25) is 4.79 Å². The standard InChI is InChI=1S/C9H9Cl2NO/c1-12(9(13)6-10)8-4-2-3-7(11)5-8/h2-5H,6H2,1H3. The van der Waals surface area contributed by atoms with Gasteiger partial charge < -0.3 is 4.90 Å². The maximum Gasteiger partial charge on any atom is 0.241 e. The summed E-state index contributed by atoms with van der Waals surface area (Å²) < 4.78 is 0. The molecular formula is C9H9Cl2NO. The van der Waals surface area contributed by atoms with Crippen molar-refractivity contribution in [3.8, 4) is 0 Å². The zero-order chi connectivity index (χ0) is 9.84. The van der Waals surface area contributed by atoms with E-state index >= 15 is 0 Å². The molecule has 2 nitrogen and oxygen atoms in total. The first-order valence-corrected chi connectivity index (χ1v) is 4.64. The van der Waals surface area contributed by atoms with E-state index < -0.39 is 0 Å². The van der Waals surface area contributed by atoms with Crippen LogP contribution in [0.4, 0.5) is 5.69 Å². The number of halogens is 2. The lowest BCUT2D eigenvalue weighted by molar-refractivity contribution is -0.116. The molecule has 0 fully saturated rings. The van der Waals surface area contributed by atoms with E-state index in [1.807, 2.05) is 0 Å². The second kappa shape index (κ2) is 4.49. The van der Waals surface area contributed by atoms with E-state index in [1.165, 1.54) is 4.90 Å². The monoisotopic (exact) mass is 217 g/mol. The molecular weight excluding hydrogens is 209 g/mol. The SMILES string of the molecule is CN(C(=O)CCl)c1cccc(Cl)c1. The molecule has 0 radical (unpaired) electrons. The van der Waals surface area contributed by atoms with Crippen molar-refractivity contribution in [3.05, 3.63) is 29.3 Å². The van der Waals surface area contributed by atoms with E-state index in [4.69, 9.17) is 23.2 Å². The van der Waals surface area contributed by atoms with Gasteiger partial charge in [-0.1, -0.05) is 17.7 Å². The highest BCUT2D eigenvalue weighted by molar-refractivity contribution is 6.31. The van der Waals surface area contributed by atoms with Crippen LogP contribution in [0.2, 0.25) is 5.02 Å². The summed E-state index contributed by atoms with van der Waals surface area (Å²) in [4.78, 5) is 12.6. The van der Waals surface area contributed by atoms with Crippen molar-refractivity contribution in [2.75, 3.05) is 17.8 Å². The van der Waals surface area contributed by atoms with Crippen molar-refractivity contribution < 1.29 is 4.79 Å². The Hall–Kier alpha value is -0.730. The van der Waals surface area contributed by atoms with Crippen LogP contribution in [-0.2, 0) is 4.79 Å². The number of carbonyl (C=O) groups is 1. The highest BCUT2D eigenvalue weighted by Gasteiger charge is 2.08. The number of nitrogens with zero attached hydrogens (tertiary/aromatic N) is 1. The fraction of sp³-hybridized carbons (Fsp3) is 0.222. The molecule has 0 bridgehead atoms. The molecule has 0 N–H and O–H groups in total. The fourth-order valence-electron chi connectivity index (χ4n) is 0.918. The first-order chi connectivity index (χ1) is 6.15. The van der Waals surface area contributed by atoms with E-state index in [1.54, 1.807) is 31.3 Å². The Morgan fingerprint density at radius 3 is 2.77 bits per heavy atom. The zero-order valence-corrected chi connectivity index (χ0v) is 8.64. The first-order valence-electron chi connectivity index (χ1n) is 3.73. The van der Waals surface area contributed by atoms with Crippen LogP contribution in [0.3, 0.4) is 0 Å². The molecule has 0 aliphatic heterocycles. The van der Waals surface area contributed by atoms with Crippen molar-refractivity contribution in [1.82, 2.24) is 0 Å². The van der Waals surface area contributed by atoms with Crippen molar-refractivity contribution in [1.29, 1.82) is 0 Å². The second-order valence-electron chi connectivity index (χ2n) is 2.57. The number of alkyl halides is 1. The molecule has 0 aliphatic rings. The molecule has 0 saturated heterocycles. The lowest BCUT2D eigenvalue weighted by atomic mass is 10.3. The third-order valence-electron chi connectivity index (χ3n) is 1.68. The zero-order valence-electron chi connectivity index (χ0n) is 7.13. The van der Waals surface area contributed by atoms with E-state index in [9.17, 15) is 4.79 Å². The van der Waals surface area contributed by atoms with Gasteiger partial charge >= 0.3 is 0 Å².